The van der Waals surface area contributed by atoms with Gasteiger partial charge >= 0.3 is 0 Å². The van der Waals surface area contributed by atoms with Gasteiger partial charge in [-0.3, -0.25) is 9.59 Å². The summed E-state index contributed by atoms with van der Waals surface area (Å²) in [6.45, 7) is 2.55. The molecular weight excluding hydrogens is 595 g/mol. The van der Waals surface area contributed by atoms with Crippen LogP contribution in [0.15, 0.2) is 107 Å². The maximum absolute atomic E-state index is 13.7. The van der Waals surface area contributed by atoms with E-state index in [4.69, 9.17) is 14.2 Å². The van der Waals surface area contributed by atoms with E-state index in [9.17, 15) is 9.59 Å². The predicted octanol–water partition coefficient (Wildman–Crippen LogP) is 7.95. The van der Waals surface area contributed by atoms with Gasteiger partial charge < -0.3 is 24.8 Å². The van der Waals surface area contributed by atoms with Gasteiger partial charge in [0.1, 0.15) is 11.0 Å². The Bertz CT molecular complexity index is 1720. The quantitative estimate of drug-likeness (QED) is 0.136. The van der Waals surface area contributed by atoms with E-state index in [1.807, 2.05) is 85.1 Å². The van der Waals surface area contributed by atoms with Crippen LogP contribution in [0.2, 0.25) is 0 Å². The molecule has 224 valence electrons. The Hall–Kier alpha value is -4.80. The summed E-state index contributed by atoms with van der Waals surface area (Å²) in [7, 11) is 3.07. The van der Waals surface area contributed by atoms with Crippen molar-refractivity contribution in [2.75, 3.05) is 31.5 Å². The first-order valence-electron chi connectivity index (χ1n) is 13.8. The maximum Gasteiger partial charge on any atom is 0.255 e. The number of aromatic nitrogens is 1. The van der Waals surface area contributed by atoms with Gasteiger partial charge in [-0.25, -0.2) is 4.98 Å². The van der Waals surface area contributed by atoms with Crippen LogP contribution in [-0.2, 0) is 4.79 Å². The number of benzene rings is 4. The predicted molar refractivity (Wildman–Crippen MR) is 176 cm³/mol. The van der Waals surface area contributed by atoms with Gasteiger partial charge in [0.25, 0.3) is 5.91 Å². The number of nitrogens with one attached hydrogen (secondary N) is 2. The summed E-state index contributed by atoms with van der Waals surface area (Å²) in [4.78, 5) is 32.1. The van der Waals surface area contributed by atoms with Gasteiger partial charge in [-0.05, 0) is 73.2 Å². The van der Waals surface area contributed by atoms with Crippen molar-refractivity contribution in [2.24, 2.45) is 0 Å². The summed E-state index contributed by atoms with van der Waals surface area (Å²) in [6.07, 6.45) is 0. The number of carbonyl (C=O) groups is 2. The number of ether oxygens (including phenoxy) is 3. The first-order valence-corrected chi connectivity index (χ1v) is 15.6. The molecule has 0 radical (unpaired) electrons. The summed E-state index contributed by atoms with van der Waals surface area (Å²) in [6, 6.07) is 29.7. The Balaban J connectivity index is 1.31. The molecule has 1 aromatic heterocycles. The van der Waals surface area contributed by atoms with E-state index in [0.717, 1.165) is 27.5 Å². The van der Waals surface area contributed by atoms with Crippen molar-refractivity contribution in [2.45, 2.75) is 17.1 Å². The SMILES string of the molecule is CCOc1ccc(-c2csc(NC(=O)C(Sc3cccc(NC(=O)c4ccc(OC)c(OC)c4)c3)c3ccccc3)n2)cc1. The molecule has 2 amide bonds. The Morgan fingerprint density at radius 1 is 0.864 bits per heavy atom. The molecule has 0 fully saturated rings. The van der Waals surface area contributed by atoms with Gasteiger partial charge in [0.05, 0.1) is 26.5 Å². The van der Waals surface area contributed by atoms with E-state index in [1.54, 1.807) is 31.4 Å². The van der Waals surface area contributed by atoms with Gasteiger partial charge in [-0.2, -0.15) is 0 Å². The minimum atomic E-state index is -0.564. The Kier molecular flexibility index (Phi) is 10.2. The van der Waals surface area contributed by atoms with Gasteiger partial charge in [0.15, 0.2) is 16.6 Å². The second-order valence-corrected chi connectivity index (χ2v) is 11.5. The van der Waals surface area contributed by atoms with Crippen LogP contribution < -0.4 is 24.8 Å². The molecule has 1 unspecified atom stereocenters. The highest BCUT2D eigenvalue weighted by Gasteiger charge is 2.24. The second kappa shape index (κ2) is 14.6. The standard InChI is InChI=1S/C34H31N3O5S2/c1-4-42-26-16-13-22(14-17-26)28-21-43-34(36-28)37-33(39)31(23-9-6-5-7-10-23)44-27-12-8-11-25(20-27)35-32(38)24-15-18-29(40-2)30(19-24)41-3/h5-21,31H,4H2,1-3H3,(H,35,38)(H,36,37,39). The average Bonchev–Trinajstić information content (AvgIpc) is 3.52. The van der Waals surface area contributed by atoms with Crippen molar-refractivity contribution in [3.63, 3.8) is 0 Å². The molecule has 2 N–H and O–H groups in total. The van der Waals surface area contributed by atoms with Crippen LogP contribution in [0, 0.1) is 0 Å². The van der Waals surface area contributed by atoms with Gasteiger partial charge in [-0.1, -0.05) is 36.4 Å². The van der Waals surface area contributed by atoms with E-state index in [1.165, 1.54) is 30.2 Å². The number of nitrogens with zero attached hydrogens (tertiary/aromatic N) is 1. The van der Waals surface area contributed by atoms with Crippen LogP contribution >= 0.6 is 23.1 Å². The van der Waals surface area contributed by atoms with Crippen LogP contribution in [0.3, 0.4) is 0 Å². The summed E-state index contributed by atoms with van der Waals surface area (Å²) >= 11 is 2.76. The van der Waals surface area contributed by atoms with Crippen LogP contribution in [0.4, 0.5) is 10.8 Å². The van der Waals surface area contributed by atoms with Crippen molar-refractivity contribution in [3.8, 4) is 28.5 Å². The molecule has 0 bridgehead atoms. The topological polar surface area (TPSA) is 98.8 Å². The Labute approximate surface area is 264 Å². The van der Waals surface area contributed by atoms with Crippen molar-refractivity contribution in [1.82, 2.24) is 4.98 Å². The van der Waals surface area contributed by atoms with E-state index < -0.39 is 5.25 Å². The summed E-state index contributed by atoms with van der Waals surface area (Å²) in [5.41, 5.74) is 3.58. The maximum atomic E-state index is 13.7. The third-order valence-corrected chi connectivity index (χ3v) is 8.53. The fourth-order valence-corrected chi connectivity index (χ4v) is 6.19. The Morgan fingerprint density at radius 2 is 1.64 bits per heavy atom. The minimum Gasteiger partial charge on any atom is -0.494 e. The molecule has 5 rings (SSSR count). The van der Waals surface area contributed by atoms with E-state index in [2.05, 4.69) is 15.6 Å². The smallest absolute Gasteiger partial charge is 0.255 e. The molecule has 4 aromatic carbocycles. The fourth-order valence-electron chi connectivity index (χ4n) is 4.39. The lowest BCUT2D eigenvalue weighted by Gasteiger charge is -2.17. The van der Waals surface area contributed by atoms with Crippen molar-refractivity contribution >= 4 is 45.7 Å². The molecule has 8 nitrogen and oxygen atoms in total. The molecule has 1 heterocycles. The largest absolute Gasteiger partial charge is 0.494 e. The molecule has 10 heteroatoms. The zero-order chi connectivity index (χ0) is 30.9. The zero-order valence-electron chi connectivity index (χ0n) is 24.4. The van der Waals surface area contributed by atoms with Gasteiger partial charge in [0.2, 0.25) is 5.91 Å². The zero-order valence-corrected chi connectivity index (χ0v) is 26.0. The second-order valence-electron chi connectivity index (χ2n) is 9.44. The number of hydrogen-bond donors (Lipinski definition) is 2. The molecule has 1 atom stereocenters. The highest BCUT2D eigenvalue weighted by molar-refractivity contribution is 8.00. The van der Waals surface area contributed by atoms with Crippen LogP contribution in [0.5, 0.6) is 17.2 Å². The van der Waals surface area contributed by atoms with Crippen LogP contribution in [0.25, 0.3) is 11.3 Å². The van der Waals surface area contributed by atoms with Crippen LogP contribution in [0.1, 0.15) is 28.1 Å². The van der Waals surface area contributed by atoms with E-state index in [-0.39, 0.29) is 11.8 Å². The van der Waals surface area contributed by atoms with Crippen molar-refractivity contribution in [1.29, 1.82) is 0 Å². The summed E-state index contributed by atoms with van der Waals surface area (Å²) in [5, 5.41) is 7.80. The third-order valence-electron chi connectivity index (χ3n) is 6.53. The summed E-state index contributed by atoms with van der Waals surface area (Å²) in [5.74, 6) is 1.31. The minimum absolute atomic E-state index is 0.200. The molecule has 5 aromatic rings. The monoisotopic (exact) mass is 625 g/mol. The lowest BCUT2D eigenvalue weighted by molar-refractivity contribution is -0.115. The molecule has 0 spiro atoms. The lowest BCUT2D eigenvalue weighted by atomic mass is 10.1. The first-order chi connectivity index (χ1) is 21.5. The number of thioether (sulfide) groups is 1. The van der Waals surface area contributed by atoms with Gasteiger partial charge in [0, 0.05) is 27.1 Å². The van der Waals surface area contributed by atoms with Gasteiger partial charge in [-0.15, -0.1) is 23.1 Å². The molecule has 0 aliphatic rings. The molecular formula is C34H31N3O5S2. The molecule has 0 aliphatic carbocycles. The lowest BCUT2D eigenvalue weighted by Crippen LogP contribution is -2.19. The number of rotatable bonds is 12. The van der Waals surface area contributed by atoms with Crippen molar-refractivity contribution in [3.05, 3.63) is 114 Å². The molecule has 44 heavy (non-hydrogen) atoms. The molecule has 0 saturated carbocycles. The Morgan fingerprint density at radius 3 is 2.36 bits per heavy atom. The van der Waals surface area contributed by atoms with Crippen molar-refractivity contribution < 1.29 is 23.8 Å². The molecule has 0 saturated heterocycles. The third kappa shape index (κ3) is 7.58. The highest BCUT2D eigenvalue weighted by Crippen LogP contribution is 2.38. The first kappa shape index (κ1) is 30.7. The number of thiazole rings is 1. The molecule has 0 aliphatic heterocycles. The fraction of sp³-hybridized carbons (Fsp3) is 0.147. The van der Waals surface area contributed by atoms with E-state index >= 15 is 0 Å². The highest BCUT2D eigenvalue weighted by atomic mass is 32.2. The number of amides is 2. The number of anilines is 2. The number of carbonyl (C=O) groups excluding carboxylic acids is 2. The normalized spacial score (nSPS) is 11.3. The van der Waals surface area contributed by atoms with Crippen LogP contribution in [-0.4, -0.2) is 37.6 Å². The van der Waals surface area contributed by atoms with E-state index in [0.29, 0.717) is 34.5 Å². The summed E-state index contributed by atoms with van der Waals surface area (Å²) < 4.78 is 16.1. The number of hydrogen-bond acceptors (Lipinski definition) is 8. The number of methoxy groups -OCH3 is 2. The average molecular weight is 626 g/mol.